The van der Waals surface area contributed by atoms with Crippen molar-refractivity contribution in [2.75, 3.05) is 19.6 Å². The average molecular weight is 374 g/mol. The number of carbonyl (C=O) groups is 1. The summed E-state index contributed by atoms with van der Waals surface area (Å²) >= 11 is 1.49. The molecule has 1 atom stereocenters. The second-order valence-corrected chi connectivity index (χ2v) is 7.93. The van der Waals surface area contributed by atoms with Gasteiger partial charge in [0.25, 0.3) is 5.91 Å². The summed E-state index contributed by atoms with van der Waals surface area (Å²) in [5.41, 5.74) is 0.983. The van der Waals surface area contributed by atoms with Gasteiger partial charge in [0, 0.05) is 23.4 Å². The minimum absolute atomic E-state index is 0. The van der Waals surface area contributed by atoms with Gasteiger partial charge < -0.3 is 10.2 Å². The highest BCUT2D eigenvalue weighted by molar-refractivity contribution is 7.20. The molecular weight excluding hydrogens is 354 g/mol. The van der Waals surface area contributed by atoms with Crippen molar-refractivity contribution in [2.45, 2.75) is 18.9 Å². The van der Waals surface area contributed by atoms with E-state index in [0.29, 0.717) is 12.0 Å². The number of amides is 1. The molecule has 1 N–H and O–H groups in total. The van der Waals surface area contributed by atoms with E-state index in [9.17, 15) is 4.79 Å². The highest BCUT2D eigenvalue weighted by Crippen LogP contribution is 2.30. The Morgan fingerprint density at radius 3 is 2.72 bits per heavy atom. The second kappa shape index (κ2) is 6.56. The number of aromatic nitrogens is 1. The number of halogens is 1. The first-order valence-electron chi connectivity index (χ1n) is 8.59. The highest BCUT2D eigenvalue weighted by atomic mass is 35.5. The number of nitrogens with zero attached hydrogens (tertiary/aromatic N) is 2. The molecule has 1 unspecified atom stereocenters. The Balaban J connectivity index is 0.00000157. The Morgan fingerprint density at radius 2 is 1.96 bits per heavy atom. The zero-order valence-electron chi connectivity index (χ0n) is 13.8. The zero-order chi connectivity index (χ0) is 16.1. The number of carbonyl (C=O) groups excluding carboxylic acids is 1. The number of fused-ring (bicyclic) bond motifs is 5. The summed E-state index contributed by atoms with van der Waals surface area (Å²) in [6, 6.07) is 12.5. The smallest absolute Gasteiger partial charge is 0.261 e. The van der Waals surface area contributed by atoms with Crippen LogP contribution in [0.2, 0.25) is 0 Å². The summed E-state index contributed by atoms with van der Waals surface area (Å²) in [7, 11) is 0. The van der Waals surface area contributed by atoms with Crippen LogP contribution in [0.15, 0.2) is 36.4 Å². The molecule has 3 fully saturated rings. The summed E-state index contributed by atoms with van der Waals surface area (Å²) in [4.78, 5) is 21.6. The molecule has 3 aromatic rings. The molecule has 0 radical (unpaired) electrons. The molecule has 25 heavy (non-hydrogen) atoms. The topological polar surface area (TPSA) is 45.2 Å². The largest absolute Gasteiger partial charge is 0.347 e. The van der Waals surface area contributed by atoms with E-state index in [0.717, 1.165) is 32.5 Å². The van der Waals surface area contributed by atoms with Crippen LogP contribution in [0.1, 0.15) is 22.5 Å². The maximum atomic E-state index is 12.7. The molecule has 0 spiro atoms. The lowest BCUT2D eigenvalue weighted by Gasteiger charge is -2.44. The first kappa shape index (κ1) is 16.8. The van der Waals surface area contributed by atoms with Crippen LogP contribution in [0, 0.1) is 5.92 Å². The van der Waals surface area contributed by atoms with Gasteiger partial charge >= 0.3 is 0 Å². The second-order valence-electron chi connectivity index (χ2n) is 6.90. The van der Waals surface area contributed by atoms with E-state index in [1.54, 1.807) is 0 Å². The van der Waals surface area contributed by atoms with Gasteiger partial charge in [0.15, 0.2) is 0 Å². The van der Waals surface area contributed by atoms with Crippen molar-refractivity contribution >= 4 is 50.8 Å². The molecule has 4 nitrogen and oxygen atoms in total. The van der Waals surface area contributed by atoms with Crippen molar-refractivity contribution in [1.82, 2.24) is 15.2 Å². The number of hydrogen-bond donors (Lipinski definition) is 1. The Bertz CT molecular complexity index is 880. The molecule has 130 valence electrons. The normalized spacial score (nSPS) is 25.0. The van der Waals surface area contributed by atoms with E-state index >= 15 is 0 Å². The molecule has 3 aliphatic heterocycles. The first-order chi connectivity index (χ1) is 11.8. The van der Waals surface area contributed by atoms with E-state index in [2.05, 4.69) is 22.3 Å². The molecule has 3 saturated heterocycles. The molecule has 0 aliphatic carbocycles. The van der Waals surface area contributed by atoms with Gasteiger partial charge in [-0.3, -0.25) is 4.79 Å². The number of rotatable bonds is 2. The van der Waals surface area contributed by atoms with Gasteiger partial charge in [-0.05, 0) is 50.0 Å². The van der Waals surface area contributed by atoms with Crippen molar-refractivity contribution < 1.29 is 4.79 Å². The summed E-state index contributed by atoms with van der Waals surface area (Å²) < 4.78 is 0. The lowest BCUT2D eigenvalue weighted by atomic mass is 9.84. The van der Waals surface area contributed by atoms with Gasteiger partial charge in [0.2, 0.25) is 0 Å². The fraction of sp³-hybridized carbons (Fsp3) is 0.368. The van der Waals surface area contributed by atoms with E-state index in [1.165, 1.54) is 37.3 Å². The maximum absolute atomic E-state index is 12.7. The number of para-hydroxylation sites is 1. The molecular formula is C19H20ClN3OS. The molecule has 6 rings (SSSR count). The molecule has 6 heteroatoms. The van der Waals surface area contributed by atoms with Crippen LogP contribution >= 0.6 is 23.7 Å². The predicted octanol–water partition coefficient (Wildman–Crippen LogP) is 3.70. The van der Waals surface area contributed by atoms with Gasteiger partial charge in [-0.15, -0.1) is 23.7 Å². The van der Waals surface area contributed by atoms with Crippen molar-refractivity contribution in [3.8, 4) is 0 Å². The summed E-state index contributed by atoms with van der Waals surface area (Å²) in [5, 5.41) is 5.44. The van der Waals surface area contributed by atoms with Crippen LogP contribution in [0.3, 0.4) is 0 Å². The fourth-order valence-corrected chi connectivity index (χ4v) is 4.98. The number of benzene rings is 1. The number of nitrogens with one attached hydrogen (secondary N) is 1. The van der Waals surface area contributed by atoms with Gasteiger partial charge in [-0.2, -0.15) is 0 Å². The number of pyridine rings is 1. The molecule has 1 amide bonds. The van der Waals surface area contributed by atoms with Crippen molar-refractivity contribution in [3.63, 3.8) is 0 Å². The Labute approximate surface area is 156 Å². The predicted molar refractivity (Wildman–Crippen MR) is 105 cm³/mol. The van der Waals surface area contributed by atoms with Gasteiger partial charge in [-0.25, -0.2) is 4.98 Å². The molecule has 5 heterocycles. The van der Waals surface area contributed by atoms with Crippen molar-refractivity contribution in [1.29, 1.82) is 0 Å². The van der Waals surface area contributed by atoms with Crippen LogP contribution in [0.25, 0.3) is 21.1 Å². The Kier molecular flexibility index (Phi) is 4.40. The Morgan fingerprint density at radius 1 is 1.16 bits per heavy atom. The zero-order valence-corrected chi connectivity index (χ0v) is 15.4. The summed E-state index contributed by atoms with van der Waals surface area (Å²) in [5.74, 6) is 0.704. The van der Waals surface area contributed by atoms with Crippen LogP contribution in [-0.2, 0) is 0 Å². The quantitative estimate of drug-likeness (QED) is 0.745. The van der Waals surface area contributed by atoms with Gasteiger partial charge in [-0.1, -0.05) is 18.2 Å². The van der Waals surface area contributed by atoms with E-state index < -0.39 is 0 Å². The standard InChI is InChI=1S/C19H19N3OS.ClH/c23-18(20-16-11-22-7-5-12(16)6-8-22)17-10-14-9-13-3-1-2-4-15(13)21-19(14)24-17;/h1-4,9-10,12,16H,5-8,11H2,(H,20,23);1H. The first-order valence-corrected chi connectivity index (χ1v) is 9.40. The monoisotopic (exact) mass is 373 g/mol. The molecule has 0 saturated carbocycles. The molecule has 1 aromatic carbocycles. The van der Waals surface area contributed by atoms with Gasteiger partial charge in [0.05, 0.1) is 10.4 Å². The third kappa shape index (κ3) is 3.01. The summed E-state index contributed by atoms with van der Waals surface area (Å²) in [6.45, 7) is 3.39. The highest BCUT2D eigenvalue weighted by Gasteiger charge is 2.35. The third-order valence-electron chi connectivity index (χ3n) is 5.41. The van der Waals surface area contributed by atoms with Crippen LogP contribution in [0.5, 0.6) is 0 Å². The van der Waals surface area contributed by atoms with E-state index in [1.807, 2.05) is 24.3 Å². The minimum atomic E-state index is 0. The Hall–Kier alpha value is -1.69. The summed E-state index contributed by atoms with van der Waals surface area (Å²) in [6.07, 6.45) is 2.43. The fourth-order valence-electron chi connectivity index (χ4n) is 4.05. The number of hydrogen-bond acceptors (Lipinski definition) is 4. The van der Waals surface area contributed by atoms with E-state index in [4.69, 9.17) is 4.98 Å². The third-order valence-corrected chi connectivity index (χ3v) is 6.45. The maximum Gasteiger partial charge on any atom is 0.261 e. The number of thiophene rings is 1. The average Bonchev–Trinajstić information content (AvgIpc) is 3.03. The molecule has 3 aliphatic rings. The minimum Gasteiger partial charge on any atom is -0.347 e. The lowest BCUT2D eigenvalue weighted by molar-refractivity contribution is 0.0622. The van der Waals surface area contributed by atoms with Crippen molar-refractivity contribution in [3.05, 3.63) is 41.3 Å². The van der Waals surface area contributed by atoms with Crippen LogP contribution < -0.4 is 5.32 Å². The van der Waals surface area contributed by atoms with Crippen molar-refractivity contribution in [2.24, 2.45) is 5.92 Å². The SMILES string of the molecule is Cl.O=C(NC1CN2CCC1CC2)c1cc2cc3ccccc3nc2s1. The van der Waals surface area contributed by atoms with Crippen LogP contribution in [-0.4, -0.2) is 41.5 Å². The number of piperidine rings is 3. The van der Waals surface area contributed by atoms with Gasteiger partial charge in [0.1, 0.15) is 4.83 Å². The lowest BCUT2D eigenvalue weighted by Crippen LogP contribution is -2.57. The van der Waals surface area contributed by atoms with Crippen LogP contribution in [0.4, 0.5) is 0 Å². The van der Waals surface area contributed by atoms with E-state index in [-0.39, 0.29) is 18.3 Å². The molecule has 2 bridgehead atoms. The molecule has 2 aromatic heterocycles.